The van der Waals surface area contributed by atoms with Gasteiger partial charge in [0.15, 0.2) is 0 Å². The molecule has 1 aromatic heterocycles. The maximum atomic E-state index is 12.1. The molecular formula is C15H25N5O4. The lowest BCUT2D eigenvalue weighted by Gasteiger charge is -2.36. The van der Waals surface area contributed by atoms with Crippen LogP contribution in [-0.4, -0.2) is 70.3 Å². The van der Waals surface area contributed by atoms with Crippen LogP contribution < -0.4 is 4.90 Å². The lowest BCUT2D eigenvalue weighted by Crippen LogP contribution is -2.50. The van der Waals surface area contributed by atoms with Gasteiger partial charge in [-0.3, -0.25) is 4.79 Å². The molecule has 1 fully saturated rings. The molecule has 2 heterocycles. The van der Waals surface area contributed by atoms with Crippen LogP contribution in [0.1, 0.15) is 27.7 Å². The Morgan fingerprint density at radius 2 is 1.88 bits per heavy atom. The molecule has 0 N–H and O–H groups in total. The molecule has 24 heavy (non-hydrogen) atoms. The Labute approximate surface area is 141 Å². The molecule has 0 spiro atoms. The third kappa shape index (κ3) is 4.84. The molecular weight excluding hydrogens is 314 g/mol. The van der Waals surface area contributed by atoms with Crippen molar-refractivity contribution in [1.29, 1.82) is 0 Å². The van der Waals surface area contributed by atoms with E-state index in [1.54, 1.807) is 18.0 Å². The zero-order valence-electron chi connectivity index (χ0n) is 14.7. The minimum absolute atomic E-state index is 0.0233. The highest BCUT2D eigenvalue weighted by Crippen LogP contribution is 2.17. The van der Waals surface area contributed by atoms with Crippen molar-refractivity contribution in [3.05, 3.63) is 6.20 Å². The summed E-state index contributed by atoms with van der Waals surface area (Å²) < 4.78 is 11.8. The van der Waals surface area contributed by atoms with Crippen molar-refractivity contribution in [2.45, 2.75) is 39.8 Å². The fourth-order valence-electron chi connectivity index (χ4n) is 2.38. The number of hydrogen-bond acceptors (Lipinski definition) is 7. The van der Waals surface area contributed by atoms with Crippen molar-refractivity contribution >= 4 is 17.9 Å². The van der Waals surface area contributed by atoms with Crippen molar-refractivity contribution in [2.75, 3.05) is 37.7 Å². The largest absolute Gasteiger partial charge is 0.465 e. The van der Waals surface area contributed by atoms with E-state index in [1.165, 1.54) is 4.68 Å². The van der Waals surface area contributed by atoms with Gasteiger partial charge in [0, 0.05) is 26.2 Å². The first kappa shape index (κ1) is 18.0. The van der Waals surface area contributed by atoms with Crippen LogP contribution in [0.25, 0.3) is 0 Å². The number of anilines is 1. The summed E-state index contributed by atoms with van der Waals surface area (Å²) in [6.45, 7) is 9.98. The van der Waals surface area contributed by atoms with Crippen LogP contribution in [0.5, 0.6) is 0 Å². The van der Waals surface area contributed by atoms with E-state index in [2.05, 4.69) is 10.3 Å². The van der Waals surface area contributed by atoms with Gasteiger partial charge in [-0.05, 0) is 27.7 Å². The molecule has 1 aliphatic rings. The molecule has 0 saturated carbocycles. The predicted molar refractivity (Wildman–Crippen MR) is 86.7 cm³/mol. The first-order valence-corrected chi connectivity index (χ1v) is 8.07. The Kier molecular flexibility index (Phi) is 5.63. The van der Waals surface area contributed by atoms with Crippen molar-refractivity contribution in [3.63, 3.8) is 0 Å². The topological polar surface area (TPSA) is 89.8 Å². The Morgan fingerprint density at radius 3 is 2.46 bits per heavy atom. The van der Waals surface area contributed by atoms with Gasteiger partial charge in [-0.2, -0.15) is 0 Å². The second-order valence-electron chi connectivity index (χ2n) is 6.51. The highest BCUT2D eigenvalue weighted by atomic mass is 16.6. The van der Waals surface area contributed by atoms with Gasteiger partial charge in [-0.15, -0.1) is 5.10 Å². The minimum Gasteiger partial charge on any atom is -0.465 e. The molecule has 9 heteroatoms. The highest BCUT2D eigenvalue weighted by molar-refractivity contribution is 5.70. The van der Waals surface area contributed by atoms with Crippen LogP contribution in [0.15, 0.2) is 6.20 Å². The number of carbonyl (C=O) groups is 2. The number of carbonyl (C=O) groups excluding carboxylic acids is 2. The lowest BCUT2D eigenvalue weighted by molar-refractivity contribution is -0.144. The molecule has 0 aromatic carbocycles. The van der Waals surface area contributed by atoms with Crippen LogP contribution in [0, 0.1) is 0 Å². The summed E-state index contributed by atoms with van der Waals surface area (Å²) in [6.07, 6.45) is 1.31. The summed E-state index contributed by atoms with van der Waals surface area (Å²) in [4.78, 5) is 27.4. The summed E-state index contributed by atoms with van der Waals surface area (Å²) >= 11 is 0. The highest BCUT2D eigenvalue weighted by Gasteiger charge is 2.27. The number of aromatic nitrogens is 3. The van der Waals surface area contributed by atoms with Crippen LogP contribution in [0.3, 0.4) is 0 Å². The Balaban J connectivity index is 1.92. The molecule has 1 aromatic rings. The monoisotopic (exact) mass is 339 g/mol. The van der Waals surface area contributed by atoms with Gasteiger partial charge in [-0.25, -0.2) is 9.48 Å². The first-order chi connectivity index (χ1) is 11.3. The molecule has 2 rings (SSSR count). The van der Waals surface area contributed by atoms with Gasteiger partial charge in [0.05, 0.1) is 12.8 Å². The van der Waals surface area contributed by atoms with Gasteiger partial charge in [0.25, 0.3) is 0 Å². The van der Waals surface area contributed by atoms with E-state index in [4.69, 9.17) is 9.47 Å². The predicted octanol–water partition coefficient (Wildman–Crippen LogP) is 0.898. The average Bonchev–Trinajstić information content (AvgIpc) is 2.94. The third-order valence-corrected chi connectivity index (χ3v) is 3.44. The van der Waals surface area contributed by atoms with Gasteiger partial charge < -0.3 is 19.3 Å². The van der Waals surface area contributed by atoms with E-state index in [0.29, 0.717) is 32.8 Å². The number of hydrogen-bond donors (Lipinski definition) is 0. The quantitative estimate of drug-likeness (QED) is 0.753. The second-order valence-corrected chi connectivity index (χ2v) is 6.51. The van der Waals surface area contributed by atoms with Gasteiger partial charge in [0.1, 0.15) is 18.0 Å². The summed E-state index contributed by atoms with van der Waals surface area (Å²) in [5.74, 6) is 0.392. The summed E-state index contributed by atoms with van der Waals surface area (Å²) in [5, 5.41) is 7.81. The van der Waals surface area contributed by atoms with E-state index in [9.17, 15) is 9.59 Å². The number of amides is 1. The van der Waals surface area contributed by atoms with E-state index in [-0.39, 0.29) is 18.6 Å². The van der Waals surface area contributed by atoms with Crippen LogP contribution >= 0.6 is 0 Å². The average molecular weight is 339 g/mol. The van der Waals surface area contributed by atoms with Gasteiger partial charge in [-0.1, -0.05) is 5.21 Å². The smallest absolute Gasteiger partial charge is 0.410 e. The molecule has 0 radical (unpaired) electrons. The fraction of sp³-hybridized carbons (Fsp3) is 0.733. The Hall–Kier alpha value is -2.32. The van der Waals surface area contributed by atoms with E-state index in [1.807, 2.05) is 25.7 Å². The Morgan fingerprint density at radius 1 is 1.21 bits per heavy atom. The summed E-state index contributed by atoms with van der Waals surface area (Å²) in [7, 11) is 0. The van der Waals surface area contributed by atoms with Crippen LogP contribution in [0.4, 0.5) is 10.6 Å². The molecule has 0 atom stereocenters. The zero-order chi connectivity index (χ0) is 17.7. The van der Waals surface area contributed by atoms with Crippen LogP contribution in [0.2, 0.25) is 0 Å². The number of nitrogens with zero attached hydrogens (tertiary/aromatic N) is 5. The maximum absolute atomic E-state index is 12.1. The van der Waals surface area contributed by atoms with Gasteiger partial charge >= 0.3 is 12.1 Å². The molecule has 0 unspecified atom stereocenters. The SMILES string of the molecule is CCOC(=O)Cn1nncc1N1CCN(C(=O)OC(C)(C)C)CC1. The molecule has 134 valence electrons. The molecule has 1 aliphatic heterocycles. The number of piperazine rings is 1. The fourth-order valence-corrected chi connectivity index (χ4v) is 2.38. The maximum Gasteiger partial charge on any atom is 0.410 e. The van der Waals surface area contributed by atoms with E-state index >= 15 is 0 Å². The van der Waals surface area contributed by atoms with Crippen molar-refractivity contribution < 1.29 is 19.1 Å². The number of ether oxygens (including phenoxy) is 2. The molecule has 0 bridgehead atoms. The van der Waals surface area contributed by atoms with Crippen molar-refractivity contribution in [2.24, 2.45) is 0 Å². The van der Waals surface area contributed by atoms with E-state index < -0.39 is 5.60 Å². The second kappa shape index (κ2) is 7.50. The normalized spacial score (nSPS) is 15.3. The standard InChI is InChI=1S/C15H25N5O4/c1-5-23-13(21)11-20-12(10-16-17-20)18-6-8-19(9-7-18)14(22)24-15(2,3)4/h10H,5-9,11H2,1-4H3. The van der Waals surface area contributed by atoms with Crippen molar-refractivity contribution in [3.8, 4) is 0 Å². The first-order valence-electron chi connectivity index (χ1n) is 8.07. The molecule has 1 saturated heterocycles. The minimum atomic E-state index is -0.504. The van der Waals surface area contributed by atoms with Gasteiger partial charge in [0.2, 0.25) is 0 Å². The summed E-state index contributed by atoms with van der Waals surface area (Å²) in [5.41, 5.74) is -0.504. The molecule has 1 amide bonds. The molecule has 0 aliphatic carbocycles. The Bertz CT molecular complexity index is 573. The van der Waals surface area contributed by atoms with Crippen LogP contribution in [-0.2, 0) is 20.8 Å². The summed E-state index contributed by atoms with van der Waals surface area (Å²) in [6, 6.07) is 0. The van der Waals surface area contributed by atoms with E-state index in [0.717, 1.165) is 5.82 Å². The number of esters is 1. The zero-order valence-corrected chi connectivity index (χ0v) is 14.7. The van der Waals surface area contributed by atoms with Crippen molar-refractivity contribution in [1.82, 2.24) is 19.9 Å². The lowest BCUT2D eigenvalue weighted by atomic mass is 10.2. The third-order valence-electron chi connectivity index (χ3n) is 3.44. The molecule has 9 nitrogen and oxygen atoms in total. The number of rotatable bonds is 4.